The molecule has 0 unspecified atom stereocenters. The van der Waals surface area contributed by atoms with Crippen LogP contribution in [0.4, 0.5) is 0 Å². The fourth-order valence-corrected chi connectivity index (χ4v) is 2.89. The molecule has 0 aromatic heterocycles. The van der Waals surface area contributed by atoms with E-state index in [2.05, 4.69) is 21.2 Å². The summed E-state index contributed by atoms with van der Waals surface area (Å²) in [7, 11) is 1.63. The van der Waals surface area contributed by atoms with Gasteiger partial charge in [-0.05, 0) is 49.2 Å². The average Bonchev–Trinajstić information content (AvgIpc) is 2.64. The standard InChI is InChI=1S/C20H24BrNO4/c1-4-25-18-10-15(17(21)12-19(18)26-5-2)11-20(23)22-13-14-6-8-16(24-3)9-7-14/h6-10,12H,4-5,11,13H2,1-3H3,(H,22,23). The van der Waals surface area contributed by atoms with Crippen LogP contribution in [0.3, 0.4) is 0 Å². The van der Waals surface area contributed by atoms with Gasteiger partial charge < -0.3 is 19.5 Å². The smallest absolute Gasteiger partial charge is 0.224 e. The van der Waals surface area contributed by atoms with Crippen LogP contribution >= 0.6 is 15.9 Å². The Labute approximate surface area is 162 Å². The van der Waals surface area contributed by atoms with Crippen molar-refractivity contribution in [3.8, 4) is 17.2 Å². The van der Waals surface area contributed by atoms with Crippen LogP contribution in [0.1, 0.15) is 25.0 Å². The molecule has 0 saturated carbocycles. The van der Waals surface area contributed by atoms with Crippen molar-refractivity contribution in [1.82, 2.24) is 5.32 Å². The molecular formula is C20H24BrNO4. The molecule has 2 aromatic carbocycles. The molecular weight excluding hydrogens is 398 g/mol. The van der Waals surface area contributed by atoms with Crippen molar-refractivity contribution in [3.05, 3.63) is 52.0 Å². The van der Waals surface area contributed by atoms with E-state index in [1.807, 2.05) is 50.2 Å². The largest absolute Gasteiger partial charge is 0.497 e. The van der Waals surface area contributed by atoms with Crippen molar-refractivity contribution in [3.63, 3.8) is 0 Å². The fourth-order valence-electron chi connectivity index (χ4n) is 2.43. The minimum absolute atomic E-state index is 0.0619. The molecule has 0 atom stereocenters. The predicted molar refractivity (Wildman–Crippen MR) is 105 cm³/mol. The zero-order valence-corrected chi connectivity index (χ0v) is 16.9. The molecule has 0 spiro atoms. The second-order valence-corrected chi connectivity index (χ2v) is 6.41. The molecule has 0 aliphatic rings. The zero-order valence-electron chi connectivity index (χ0n) is 15.3. The minimum atomic E-state index is -0.0619. The minimum Gasteiger partial charge on any atom is -0.497 e. The Morgan fingerprint density at radius 1 is 1.04 bits per heavy atom. The summed E-state index contributed by atoms with van der Waals surface area (Å²) < 4.78 is 17.2. The van der Waals surface area contributed by atoms with Crippen LogP contribution in [0.25, 0.3) is 0 Å². The van der Waals surface area contributed by atoms with Gasteiger partial charge >= 0.3 is 0 Å². The lowest BCUT2D eigenvalue weighted by Gasteiger charge is -2.14. The Bertz CT molecular complexity index is 731. The van der Waals surface area contributed by atoms with E-state index in [0.29, 0.717) is 31.3 Å². The van der Waals surface area contributed by atoms with Crippen molar-refractivity contribution in [1.29, 1.82) is 0 Å². The van der Waals surface area contributed by atoms with Crippen molar-refractivity contribution >= 4 is 21.8 Å². The molecule has 0 aliphatic carbocycles. The number of benzene rings is 2. The molecule has 1 N–H and O–H groups in total. The number of ether oxygens (including phenoxy) is 3. The molecule has 0 radical (unpaired) electrons. The van der Waals surface area contributed by atoms with E-state index >= 15 is 0 Å². The highest BCUT2D eigenvalue weighted by molar-refractivity contribution is 9.10. The Hall–Kier alpha value is -2.21. The van der Waals surface area contributed by atoms with Crippen LogP contribution in [-0.2, 0) is 17.8 Å². The maximum absolute atomic E-state index is 12.3. The third-order valence-corrected chi connectivity index (χ3v) is 4.45. The Morgan fingerprint density at radius 2 is 1.65 bits per heavy atom. The maximum atomic E-state index is 12.3. The first-order chi connectivity index (χ1) is 12.6. The van der Waals surface area contributed by atoms with Crippen LogP contribution in [0.15, 0.2) is 40.9 Å². The van der Waals surface area contributed by atoms with E-state index in [1.165, 1.54) is 0 Å². The van der Waals surface area contributed by atoms with Crippen LogP contribution < -0.4 is 19.5 Å². The van der Waals surface area contributed by atoms with Gasteiger partial charge in [0.2, 0.25) is 5.91 Å². The molecule has 1 amide bonds. The van der Waals surface area contributed by atoms with Crippen molar-refractivity contribution in [2.45, 2.75) is 26.8 Å². The first-order valence-corrected chi connectivity index (χ1v) is 9.34. The summed E-state index contributed by atoms with van der Waals surface area (Å²) in [5.41, 5.74) is 1.86. The summed E-state index contributed by atoms with van der Waals surface area (Å²) in [5.74, 6) is 2.05. The van der Waals surface area contributed by atoms with Crippen LogP contribution in [0.5, 0.6) is 17.2 Å². The summed E-state index contributed by atoms with van der Waals surface area (Å²) in [6.45, 7) is 5.39. The van der Waals surface area contributed by atoms with Crippen molar-refractivity contribution in [2.75, 3.05) is 20.3 Å². The maximum Gasteiger partial charge on any atom is 0.224 e. The average molecular weight is 422 g/mol. The Morgan fingerprint density at radius 3 is 2.23 bits per heavy atom. The number of carbonyl (C=O) groups excluding carboxylic acids is 1. The third-order valence-electron chi connectivity index (χ3n) is 3.71. The molecule has 2 rings (SSSR count). The van der Waals surface area contributed by atoms with E-state index in [1.54, 1.807) is 7.11 Å². The predicted octanol–water partition coefficient (Wildman–Crippen LogP) is 4.11. The summed E-state index contributed by atoms with van der Waals surface area (Å²) >= 11 is 3.51. The van der Waals surface area contributed by atoms with Crippen molar-refractivity contribution in [2.24, 2.45) is 0 Å². The normalized spacial score (nSPS) is 10.3. The Kier molecular flexibility index (Phi) is 7.78. The number of amides is 1. The number of hydrogen-bond donors (Lipinski definition) is 1. The Balaban J connectivity index is 2.01. The second kappa shape index (κ2) is 10.1. The number of rotatable bonds is 9. The topological polar surface area (TPSA) is 56.8 Å². The number of nitrogens with one attached hydrogen (secondary N) is 1. The van der Waals surface area contributed by atoms with Gasteiger partial charge in [-0.25, -0.2) is 0 Å². The zero-order chi connectivity index (χ0) is 18.9. The van der Waals surface area contributed by atoms with E-state index in [4.69, 9.17) is 14.2 Å². The number of hydrogen-bond acceptors (Lipinski definition) is 4. The van der Waals surface area contributed by atoms with Gasteiger partial charge in [0.15, 0.2) is 11.5 Å². The van der Waals surface area contributed by atoms with Crippen LogP contribution in [0.2, 0.25) is 0 Å². The van der Waals surface area contributed by atoms with Gasteiger partial charge in [-0.2, -0.15) is 0 Å². The second-order valence-electron chi connectivity index (χ2n) is 5.56. The lowest BCUT2D eigenvalue weighted by atomic mass is 10.1. The number of halogens is 1. The molecule has 0 heterocycles. The van der Waals surface area contributed by atoms with Gasteiger partial charge in [0, 0.05) is 11.0 Å². The molecule has 0 saturated heterocycles. The molecule has 0 aliphatic heterocycles. The highest BCUT2D eigenvalue weighted by atomic mass is 79.9. The van der Waals surface area contributed by atoms with Gasteiger partial charge in [0.25, 0.3) is 0 Å². The molecule has 0 fully saturated rings. The third kappa shape index (κ3) is 5.66. The van der Waals surface area contributed by atoms with E-state index in [-0.39, 0.29) is 12.3 Å². The van der Waals surface area contributed by atoms with E-state index in [0.717, 1.165) is 21.3 Å². The molecule has 0 bridgehead atoms. The van der Waals surface area contributed by atoms with Gasteiger partial charge in [0.05, 0.1) is 26.7 Å². The monoisotopic (exact) mass is 421 g/mol. The quantitative estimate of drug-likeness (QED) is 0.661. The molecule has 26 heavy (non-hydrogen) atoms. The van der Waals surface area contributed by atoms with Crippen LogP contribution in [0, 0.1) is 0 Å². The highest BCUT2D eigenvalue weighted by Gasteiger charge is 2.13. The first-order valence-electron chi connectivity index (χ1n) is 8.55. The molecule has 140 valence electrons. The highest BCUT2D eigenvalue weighted by Crippen LogP contribution is 2.34. The first kappa shape index (κ1) is 20.1. The van der Waals surface area contributed by atoms with Crippen molar-refractivity contribution < 1.29 is 19.0 Å². The number of carbonyl (C=O) groups is 1. The molecule has 5 nitrogen and oxygen atoms in total. The van der Waals surface area contributed by atoms with Crippen LogP contribution in [-0.4, -0.2) is 26.2 Å². The lowest BCUT2D eigenvalue weighted by molar-refractivity contribution is -0.120. The van der Waals surface area contributed by atoms with E-state index < -0.39 is 0 Å². The van der Waals surface area contributed by atoms with Gasteiger partial charge in [-0.1, -0.05) is 28.1 Å². The van der Waals surface area contributed by atoms with Gasteiger partial charge in [-0.15, -0.1) is 0 Å². The molecule has 2 aromatic rings. The summed E-state index contributed by atoms with van der Waals surface area (Å²) in [4.78, 5) is 12.3. The SMILES string of the molecule is CCOc1cc(Br)c(CC(=O)NCc2ccc(OC)cc2)cc1OCC. The van der Waals surface area contributed by atoms with E-state index in [9.17, 15) is 4.79 Å². The van der Waals surface area contributed by atoms with Gasteiger partial charge in [-0.3, -0.25) is 4.79 Å². The fraction of sp³-hybridized carbons (Fsp3) is 0.350. The van der Waals surface area contributed by atoms with Gasteiger partial charge in [0.1, 0.15) is 5.75 Å². The lowest BCUT2D eigenvalue weighted by Crippen LogP contribution is -2.24. The summed E-state index contributed by atoms with van der Waals surface area (Å²) in [5, 5.41) is 2.93. The summed E-state index contributed by atoms with van der Waals surface area (Å²) in [6.07, 6.45) is 0.253. The number of methoxy groups -OCH3 is 1. The molecule has 6 heteroatoms. The summed E-state index contributed by atoms with van der Waals surface area (Å²) in [6, 6.07) is 11.3.